The summed E-state index contributed by atoms with van der Waals surface area (Å²) in [7, 11) is 0. The first kappa shape index (κ1) is 15.9. The number of piperazine rings is 1. The smallest absolute Gasteiger partial charge is 0.242 e. The number of hydrogen-bond donors (Lipinski definition) is 2. The molecule has 2 amide bonds. The van der Waals surface area contributed by atoms with Crippen LogP contribution in [0.2, 0.25) is 0 Å². The summed E-state index contributed by atoms with van der Waals surface area (Å²) in [5, 5.41) is 2.51. The minimum atomic E-state index is -0.288. The fraction of sp³-hybridized carbons (Fsp3) is 0.846. The van der Waals surface area contributed by atoms with Gasteiger partial charge in [-0.05, 0) is 18.9 Å². The third kappa shape index (κ3) is 6.02. The van der Waals surface area contributed by atoms with E-state index in [2.05, 4.69) is 24.1 Å². The Hall–Kier alpha value is -1.14. The van der Waals surface area contributed by atoms with Crippen LogP contribution in [0.5, 0.6) is 0 Å². The van der Waals surface area contributed by atoms with E-state index in [1.54, 1.807) is 0 Å². The molecule has 1 saturated heterocycles. The maximum Gasteiger partial charge on any atom is 0.242 e. The average Bonchev–Trinajstić information content (AvgIpc) is 2.42. The highest BCUT2D eigenvalue weighted by molar-refractivity contribution is 5.85. The van der Waals surface area contributed by atoms with Gasteiger partial charge in [-0.3, -0.25) is 14.5 Å². The second kappa shape index (κ2) is 8.12. The molecule has 0 aromatic heterocycles. The van der Waals surface area contributed by atoms with Gasteiger partial charge in [0.25, 0.3) is 0 Å². The minimum absolute atomic E-state index is 0.0229. The van der Waals surface area contributed by atoms with E-state index in [4.69, 9.17) is 5.73 Å². The van der Waals surface area contributed by atoms with Gasteiger partial charge in [0.15, 0.2) is 0 Å². The molecular weight excluding hydrogens is 244 g/mol. The van der Waals surface area contributed by atoms with Crippen LogP contribution in [0.25, 0.3) is 0 Å². The highest BCUT2D eigenvalue weighted by atomic mass is 16.2. The molecule has 1 aliphatic rings. The number of nitrogens with zero attached hydrogens (tertiary/aromatic N) is 2. The lowest BCUT2D eigenvalue weighted by atomic mass is 10.1. The van der Waals surface area contributed by atoms with Crippen molar-refractivity contribution >= 4 is 11.8 Å². The molecule has 19 heavy (non-hydrogen) atoms. The van der Waals surface area contributed by atoms with E-state index >= 15 is 0 Å². The highest BCUT2D eigenvalue weighted by Gasteiger charge is 2.20. The van der Waals surface area contributed by atoms with Gasteiger partial charge in [0.05, 0.1) is 13.1 Å². The third-order valence-corrected chi connectivity index (χ3v) is 3.37. The van der Waals surface area contributed by atoms with Crippen molar-refractivity contribution in [2.24, 2.45) is 11.7 Å². The summed E-state index contributed by atoms with van der Waals surface area (Å²) in [5.74, 6) is 0.403. The lowest BCUT2D eigenvalue weighted by molar-refractivity contribution is -0.134. The van der Waals surface area contributed by atoms with Gasteiger partial charge >= 0.3 is 0 Å². The predicted octanol–water partition coefficient (Wildman–Crippen LogP) is -0.748. The van der Waals surface area contributed by atoms with Gasteiger partial charge in [0, 0.05) is 26.2 Å². The first-order valence-corrected chi connectivity index (χ1v) is 6.99. The molecule has 0 bridgehead atoms. The maximum absolute atomic E-state index is 11.8. The lowest BCUT2D eigenvalue weighted by Gasteiger charge is -2.35. The zero-order chi connectivity index (χ0) is 14.3. The number of carbonyl (C=O) groups excluding carboxylic acids is 2. The van der Waals surface area contributed by atoms with E-state index in [1.807, 2.05) is 4.90 Å². The standard InChI is InChI=1S/C13H26N4O2/c1-11(2)3-4-16-5-7-17(8-6-16)13(19)10-15-12(18)9-14/h11H,3-10,14H2,1-2H3,(H,15,18). The summed E-state index contributed by atoms with van der Waals surface area (Å²) < 4.78 is 0. The molecule has 1 heterocycles. The molecule has 6 nitrogen and oxygen atoms in total. The first-order chi connectivity index (χ1) is 9.02. The van der Waals surface area contributed by atoms with Crippen LogP contribution in [0.1, 0.15) is 20.3 Å². The van der Waals surface area contributed by atoms with Crippen molar-refractivity contribution < 1.29 is 9.59 Å². The number of nitrogens with one attached hydrogen (secondary N) is 1. The molecule has 0 atom stereocenters. The lowest BCUT2D eigenvalue weighted by Crippen LogP contribution is -2.51. The molecule has 0 saturated carbocycles. The number of carbonyl (C=O) groups is 2. The van der Waals surface area contributed by atoms with Crippen molar-refractivity contribution in [1.29, 1.82) is 0 Å². The number of rotatable bonds is 6. The average molecular weight is 270 g/mol. The topological polar surface area (TPSA) is 78.7 Å². The van der Waals surface area contributed by atoms with Crippen LogP contribution >= 0.6 is 0 Å². The summed E-state index contributed by atoms with van der Waals surface area (Å²) in [6, 6.07) is 0. The zero-order valence-electron chi connectivity index (χ0n) is 12.0. The zero-order valence-corrected chi connectivity index (χ0v) is 12.0. The normalized spacial score (nSPS) is 16.7. The van der Waals surface area contributed by atoms with Gasteiger partial charge in [-0.15, -0.1) is 0 Å². The molecule has 0 spiro atoms. The van der Waals surface area contributed by atoms with Crippen molar-refractivity contribution in [2.75, 3.05) is 45.8 Å². The molecule has 1 rings (SSSR count). The third-order valence-electron chi connectivity index (χ3n) is 3.37. The van der Waals surface area contributed by atoms with E-state index in [9.17, 15) is 9.59 Å². The molecule has 6 heteroatoms. The van der Waals surface area contributed by atoms with Gasteiger partial charge in [0.1, 0.15) is 0 Å². The second-order valence-electron chi connectivity index (χ2n) is 5.39. The Bertz CT molecular complexity index is 299. The van der Waals surface area contributed by atoms with Crippen molar-refractivity contribution in [1.82, 2.24) is 15.1 Å². The van der Waals surface area contributed by atoms with Gasteiger partial charge in [-0.2, -0.15) is 0 Å². The Balaban J connectivity index is 2.21. The molecule has 110 valence electrons. The van der Waals surface area contributed by atoms with Crippen LogP contribution in [-0.4, -0.2) is 67.4 Å². The summed E-state index contributed by atoms with van der Waals surface area (Å²) >= 11 is 0. The molecule has 0 aliphatic carbocycles. The Morgan fingerprint density at radius 1 is 1.21 bits per heavy atom. The molecule has 1 fully saturated rings. The predicted molar refractivity (Wildman–Crippen MR) is 74.5 cm³/mol. The summed E-state index contributed by atoms with van der Waals surface area (Å²) in [5.41, 5.74) is 5.17. The van der Waals surface area contributed by atoms with E-state index in [0.717, 1.165) is 32.7 Å². The summed E-state index contributed by atoms with van der Waals surface area (Å²) in [6.45, 7) is 8.86. The van der Waals surface area contributed by atoms with Crippen molar-refractivity contribution in [2.45, 2.75) is 20.3 Å². The largest absolute Gasteiger partial charge is 0.346 e. The van der Waals surface area contributed by atoms with Crippen LogP contribution in [0.4, 0.5) is 0 Å². The van der Waals surface area contributed by atoms with Crippen molar-refractivity contribution in [3.8, 4) is 0 Å². The summed E-state index contributed by atoms with van der Waals surface area (Å²) in [6.07, 6.45) is 1.19. The second-order valence-corrected chi connectivity index (χ2v) is 5.39. The van der Waals surface area contributed by atoms with Crippen LogP contribution in [-0.2, 0) is 9.59 Å². The Morgan fingerprint density at radius 3 is 2.37 bits per heavy atom. The van der Waals surface area contributed by atoms with Gasteiger partial charge in [-0.25, -0.2) is 0 Å². The molecule has 0 aromatic carbocycles. The van der Waals surface area contributed by atoms with E-state index in [0.29, 0.717) is 5.92 Å². The van der Waals surface area contributed by atoms with Gasteiger partial charge < -0.3 is 16.0 Å². The first-order valence-electron chi connectivity index (χ1n) is 6.99. The van der Waals surface area contributed by atoms with Crippen LogP contribution in [0.15, 0.2) is 0 Å². The minimum Gasteiger partial charge on any atom is -0.346 e. The van der Waals surface area contributed by atoms with E-state index < -0.39 is 0 Å². The molecule has 0 unspecified atom stereocenters. The summed E-state index contributed by atoms with van der Waals surface area (Å²) in [4.78, 5) is 27.0. The van der Waals surface area contributed by atoms with Crippen LogP contribution < -0.4 is 11.1 Å². The molecule has 1 aliphatic heterocycles. The quantitative estimate of drug-likeness (QED) is 0.666. The Morgan fingerprint density at radius 2 is 1.84 bits per heavy atom. The SMILES string of the molecule is CC(C)CCN1CCN(C(=O)CNC(=O)CN)CC1. The van der Waals surface area contributed by atoms with Crippen molar-refractivity contribution in [3.63, 3.8) is 0 Å². The van der Waals surface area contributed by atoms with Crippen molar-refractivity contribution in [3.05, 3.63) is 0 Å². The van der Waals surface area contributed by atoms with Gasteiger partial charge in [-0.1, -0.05) is 13.8 Å². The number of nitrogens with two attached hydrogens (primary N) is 1. The Labute approximate surface area is 115 Å². The molecular formula is C13H26N4O2. The monoisotopic (exact) mass is 270 g/mol. The molecule has 3 N–H and O–H groups in total. The Kier molecular flexibility index (Phi) is 6.80. The highest BCUT2D eigenvalue weighted by Crippen LogP contribution is 2.06. The maximum atomic E-state index is 11.8. The van der Waals surface area contributed by atoms with Gasteiger partial charge in [0.2, 0.25) is 11.8 Å². The fourth-order valence-corrected chi connectivity index (χ4v) is 2.02. The van der Waals surface area contributed by atoms with Crippen LogP contribution in [0.3, 0.4) is 0 Å². The number of hydrogen-bond acceptors (Lipinski definition) is 4. The fourth-order valence-electron chi connectivity index (χ4n) is 2.02. The van der Waals surface area contributed by atoms with E-state index in [1.165, 1.54) is 6.42 Å². The van der Waals surface area contributed by atoms with E-state index in [-0.39, 0.29) is 24.9 Å². The van der Waals surface area contributed by atoms with Crippen LogP contribution in [0, 0.1) is 5.92 Å². The molecule has 0 radical (unpaired) electrons. The molecule has 0 aromatic rings. The number of amides is 2.